The summed E-state index contributed by atoms with van der Waals surface area (Å²) >= 11 is 1.59. The van der Waals surface area contributed by atoms with Crippen LogP contribution in [0.25, 0.3) is 0 Å². The molecule has 0 spiro atoms. The van der Waals surface area contributed by atoms with Crippen LogP contribution in [0.4, 0.5) is 0 Å². The highest BCUT2D eigenvalue weighted by Crippen LogP contribution is 2.23. The number of hydrogen-bond acceptors (Lipinski definition) is 4. The molecule has 18 heavy (non-hydrogen) atoms. The summed E-state index contributed by atoms with van der Waals surface area (Å²) < 4.78 is 5.80. The maximum Gasteiger partial charge on any atom is 0.140 e. The molecule has 0 aliphatic heterocycles. The van der Waals surface area contributed by atoms with Gasteiger partial charge in [0.2, 0.25) is 0 Å². The largest absolute Gasteiger partial charge is 0.486 e. The van der Waals surface area contributed by atoms with Crippen LogP contribution in [0.15, 0.2) is 23.6 Å². The number of benzene rings is 1. The lowest BCUT2D eigenvalue weighted by Gasteiger charge is -2.09. The summed E-state index contributed by atoms with van der Waals surface area (Å²) in [4.78, 5) is 4.45. The van der Waals surface area contributed by atoms with Crippen molar-refractivity contribution >= 4 is 11.3 Å². The van der Waals surface area contributed by atoms with E-state index in [1.165, 1.54) is 11.1 Å². The van der Waals surface area contributed by atoms with Gasteiger partial charge in [-0.15, -0.1) is 11.3 Å². The highest BCUT2D eigenvalue weighted by Gasteiger charge is 2.07. The molecule has 1 aromatic heterocycles. The van der Waals surface area contributed by atoms with Crippen LogP contribution in [-0.4, -0.2) is 4.98 Å². The first kappa shape index (κ1) is 13.1. The zero-order valence-electron chi connectivity index (χ0n) is 10.9. The molecule has 0 saturated carbocycles. The van der Waals surface area contributed by atoms with Crippen molar-refractivity contribution in [1.29, 1.82) is 0 Å². The number of ether oxygens (including phenoxy) is 1. The first-order valence-corrected chi connectivity index (χ1v) is 6.85. The third-order valence-corrected chi connectivity index (χ3v) is 3.78. The van der Waals surface area contributed by atoms with E-state index in [9.17, 15) is 0 Å². The van der Waals surface area contributed by atoms with Gasteiger partial charge in [0.05, 0.1) is 5.69 Å². The number of aromatic nitrogens is 1. The number of rotatable bonds is 4. The van der Waals surface area contributed by atoms with E-state index in [0.717, 1.165) is 16.5 Å². The highest BCUT2D eigenvalue weighted by atomic mass is 32.1. The van der Waals surface area contributed by atoms with Gasteiger partial charge in [-0.05, 0) is 38.0 Å². The molecule has 0 radical (unpaired) electrons. The Bertz CT molecular complexity index is 534. The van der Waals surface area contributed by atoms with Crippen LogP contribution in [0.2, 0.25) is 0 Å². The summed E-state index contributed by atoms with van der Waals surface area (Å²) in [5.41, 5.74) is 9.13. The molecule has 0 aliphatic rings. The van der Waals surface area contributed by atoms with Crippen molar-refractivity contribution in [1.82, 2.24) is 4.98 Å². The van der Waals surface area contributed by atoms with E-state index in [-0.39, 0.29) is 6.04 Å². The molecule has 2 N–H and O–H groups in total. The Balaban J connectivity index is 2.04. The summed E-state index contributed by atoms with van der Waals surface area (Å²) in [5, 5.41) is 2.95. The van der Waals surface area contributed by atoms with Gasteiger partial charge in [0.25, 0.3) is 0 Å². The minimum absolute atomic E-state index is 0.0179. The number of aryl methyl sites for hydroxylation is 1. The normalized spacial score (nSPS) is 12.4. The molecule has 2 aromatic rings. The van der Waals surface area contributed by atoms with Crippen molar-refractivity contribution < 1.29 is 4.74 Å². The third kappa shape index (κ3) is 2.89. The van der Waals surface area contributed by atoms with Crippen molar-refractivity contribution in [3.63, 3.8) is 0 Å². The smallest absolute Gasteiger partial charge is 0.140 e. The molecular formula is C14H18N2OS. The topological polar surface area (TPSA) is 48.1 Å². The van der Waals surface area contributed by atoms with Crippen molar-refractivity contribution in [2.45, 2.75) is 33.4 Å². The monoisotopic (exact) mass is 262 g/mol. The molecule has 1 atom stereocenters. The molecule has 96 valence electrons. The maximum absolute atomic E-state index is 5.80. The van der Waals surface area contributed by atoms with Crippen LogP contribution in [0.5, 0.6) is 5.75 Å². The average molecular weight is 262 g/mol. The Hall–Kier alpha value is -1.39. The van der Waals surface area contributed by atoms with E-state index in [1.807, 2.05) is 24.4 Å². The van der Waals surface area contributed by atoms with Crippen LogP contribution < -0.4 is 10.5 Å². The zero-order chi connectivity index (χ0) is 13.1. The minimum atomic E-state index is -0.0179. The fraction of sp³-hybridized carbons (Fsp3) is 0.357. The van der Waals surface area contributed by atoms with Crippen LogP contribution in [0, 0.1) is 13.8 Å². The lowest BCUT2D eigenvalue weighted by Crippen LogP contribution is -2.05. The summed E-state index contributed by atoms with van der Waals surface area (Å²) in [6.45, 7) is 6.59. The first-order chi connectivity index (χ1) is 8.58. The Morgan fingerprint density at radius 2 is 2.17 bits per heavy atom. The summed E-state index contributed by atoms with van der Waals surface area (Å²) in [5.74, 6) is 0.924. The summed E-state index contributed by atoms with van der Waals surface area (Å²) in [6.07, 6.45) is 0. The molecule has 1 aromatic carbocycles. The molecule has 0 aliphatic carbocycles. The van der Waals surface area contributed by atoms with Gasteiger partial charge in [0, 0.05) is 11.4 Å². The molecule has 1 heterocycles. The van der Waals surface area contributed by atoms with Gasteiger partial charge < -0.3 is 10.5 Å². The van der Waals surface area contributed by atoms with Crippen LogP contribution in [-0.2, 0) is 6.61 Å². The Morgan fingerprint density at radius 1 is 1.39 bits per heavy atom. The van der Waals surface area contributed by atoms with Crippen LogP contribution >= 0.6 is 11.3 Å². The van der Waals surface area contributed by atoms with E-state index < -0.39 is 0 Å². The van der Waals surface area contributed by atoms with Gasteiger partial charge in [-0.3, -0.25) is 0 Å². The second kappa shape index (κ2) is 5.50. The van der Waals surface area contributed by atoms with Crippen molar-refractivity contribution in [3.05, 3.63) is 45.4 Å². The molecule has 0 saturated heterocycles. The molecule has 0 bridgehead atoms. The Morgan fingerprint density at radius 3 is 2.83 bits per heavy atom. The molecule has 3 nitrogen and oxygen atoms in total. The van der Waals surface area contributed by atoms with Gasteiger partial charge in [-0.1, -0.05) is 12.1 Å². The van der Waals surface area contributed by atoms with Crippen LogP contribution in [0.3, 0.4) is 0 Å². The standard InChI is InChI=1S/C14H18N2OS/c1-9-5-4-6-13(10(9)2)17-7-14-16-12(8-18-14)11(3)15/h4-6,8,11H,7,15H2,1-3H3. The summed E-state index contributed by atoms with van der Waals surface area (Å²) in [7, 11) is 0. The van der Waals surface area contributed by atoms with E-state index in [0.29, 0.717) is 6.61 Å². The second-order valence-electron chi connectivity index (χ2n) is 4.44. The van der Waals surface area contributed by atoms with Gasteiger partial charge >= 0.3 is 0 Å². The maximum atomic E-state index is 5.80. The molecule has 2 rings (SSSR count). The quantitative estimate of drug-likeness (QED) is 0.919. The molecule has 0 amide bonds. The number of nitrogens with two attached hydrogens (primary N) is 1. The average Bonchev–Trinajstić information content (AvgIpc) is 2.80. The SMILES string of the molecule is Cc1cccc(OCc2nc(C(C)N)cs2)c1C. The Kier molecular flexibility index (Phi) is 3.99. The van der Waals surface area contributed by atoms with Crippen LogP contribution in [0.1, 0.15) is 34.8 Å². The fourth-order valence-electron chi connectivity index (χ4n) is 1.62. The lowest BCUT2D eigenvalue weighted by molar-refractivity contribution is 0.303. The van der Waals surface area contributed by atoms with Gasteiger partial charge in [0.15, 0.2) is 0 Å². The molecule has 1 unspecified atom stereocenters. The van der Waals surface area contributed by atoms with E-state index in [2.05, 4.69) is 24.9 Å². The molecule has 0 fully saturated rings. The minimum Gasteiger partial charge on any atom is -0.486 e. The van der Waals surface area contributed by atoms with Crippen molar-refractivity contribution in [2.75, 3.05) is 0 Å². The first-order valence-electron chi connectivity index (χ1n) is 5.97. The van der Waals surface area contributed by atoms with Gasteiger partial charge in [-0.2, -0.15) is 0 Å². The van der Waals surface area contributed by atoms with Gasteiger partial charge in [0.1, 0.15) is 17.4 Å². The number of thiazole rings is 1. The number of hydrogen-bond donors (Lipinski definition) is 1. The second-order valence-corrected chi connectivity index (χ2v) is 5.38. The number of nitrogens with zero attached hydrogens (tertiary/aromatic N) is 1. The van der Waals surface area contributed by atoms with Crippen molar-refractivity contribution in [2.24, 2.45) is 5.73 Å². The fourth-order valence-corrected chi connectivity index (χ4v) is 2.43. The molecular weight excluding hydrogens is 244 g/mol. The predicted molar refractivity (Wildman–Crippen MR) is 75.0 cm³/mol. The van der Waals surface area contributed by atoms with E-state index >= 15 is 0 Å². The highest BCUT2D eigenvalue weighted by molar-refractivity contribution is 7.09. The zero-order valence-corrected chi connectivity index (χ0v) is 11.8. The lowest BCUT2D eigenvalue weighted by atomic mass is 10.1. The van der Waals surface area contributed by atoms with E-state index in [1.54, 1.807) is 11.3 Å². The predicted octanol–water partition coefficient (Wildman–Crippen LogP) is 3.36. The third-order valence-electron chi connectivity index (χ3n) is 2.94. The Labute approximate surface area is 112 Å². The van der Waals surface area contributed by atoms with E-state index in [4.69, 9.17) is 10.5 Å². The van der Waals surface area contributed by atoms with Gasteiger partial charge in [-0.25, -0.2) is 4.98 Å². The summed E-state index contributed by atoms with van der Waals surface area (Å²) in [6, 6.07) is 6.06. The van der Waals surface area contributed by atoms with Crippen molar-refractivity contribution in [3.8, 4) is 5.75 Å². The molecule has 4 heteroatoms.